The van der Waals surface area contributed by atoms with Gasteiger partial charge in [-0.3, -0.25) is 0 Å². The lowest BCUT2D eigenvalue weighted by Gasteiger charge is -2.35. The van der Waals surface area contributed by atoms with Gasteiger partial charge in [0.1, 0.15) is 36.6 Å². The largest absolute Gasteiger partial charge is 0.455 e. The van der Waals surface area contributed by atoms with E-state index in [1.165, 1.54) is 25.7 Å². The first-order valence-corrected chi connectivity index (χ1v) is 19.3. The van der Waals surface area contributed by atoms with Gasteiger partial charge < -0.3 is 52.5 Å². The van der Waals surface area contributed by atoms with E-state index in [9.17, 15) is 9.90 Å². The monoisotopic (exact) mass is 694 g/mol. The molecule has 278 valence electrons. The molecule has 0 aromatic heterocycles. The van der Waals surface area contributed by atoms with E-state index in [1.807, 2.05) is 0 Å². The molecular weight excluding hydrogens is 636 g/mol. The SMILES string of the molecule is C.O=C1O[C@@H](C2COC3(CCCCC3)O2)C2OC3(CCCCC3)O[C@@H]12.OC1O[C@@H](C2COC3(CCCCC3)O2)C2OC3(CCCCC3)O[C@@H]12. The number of aliphatic hydroxyl groups excluding tert-OH is 1. The normalized spacial score (nSPS) is 44.0. The lowest BCUT2D eigenvalue weighted by molar-refractivity contribution is -0.260. The van der Waals surface area contributed by atoms with Crippen LogP contribution in [0.15, 0.2) is 0 Å². The van der Waals surface area contributed by atoms with Crippen molar-refractivity contribution in [2.45, 2.75) is 214 Å². The number of hydrogen-bond acceptors (Lipinski definition) is 12. The van der Waals surface area contributed by atoms with Gasteiger partial charge in [-0.2, -0.15) is 0 Å². The Morgan fingerprint density at radius 2 is 0.898 bits per heavy atom. The van der Waals surface area contributed by atoms with E-state index < -0.39 is 47.8 Å². The fraction of sp³-hybridized carbons (Fsp3) is 0.973. The molecule has 4 aliphatic carbocycles. The molecule has 0 aromatic rings. The van der Waals surface area contributed by atoms with Crippen LogP contribution in [-0.4, -0.2) is 103 Å². The molecule has 10 rings (SSSR count). The number of carbonyl (C=O) groups is 1. The Hall–Kier alpha value is -0.930. The summed E-state index contributed by atoms with van der Waals surface area (Å²) in [4.78, 5) is 12.3. The quantitative estimate of drug-likeness (QED) is 0.377. The summed E-state index contributed by atoms with van der Waals surface area (Å²) in [5.41, 5.74) is 0. The van der Waals surface area contributed by atoms with Gasteiger partial charge in [0.15, 0.2) is 41.6 Å². The molecular formula is C37H58O12. The summed E-state index contributed by atoms with van der Waals surface area (Å²) < 4.78 is 60.9. The van der Waals surface area contributed by atoms with E-state index >= 15 is 0 Å². The zero-order valence-electron chi connectivity index (χ0n) is 28.2. The molecule has 4 saturated carbocycles. The molecule has 9 atom stereocenters. The number of aliphatic hydroxyl groups is 1. The third kappa shape index (κ3) is 6.52. The number of fused-ring (bicyclic) bond motifs is 2. The molecule has 0 aromatic carbocycles. The van der Waals surface area contributed by atoms with Crippen LogP contribution in [-0.2, 0) is 52.2 Å². The summed E-state index contributed by atoms with van der Waals surface area (Å²) in [6, 6.07) is 0. The average Bonchev–Trinajstić information content (AvgIpc) is 3.95. The lowest BCUT2D eigenvalue weighted by atomic mass is 9.94. The third-order valence-electron chi connectivity index (χ3n) is 12.7. The van der Waals surface area contributed by atoms with Gasteiger partial charge in [-0.1, -0.05) is 33.1 Å². The molecule has 6 saturated heterocycles. The maximum absolute atomic E-state index is 12.3. The number of esters is 1. The maximum atomic E-state index is 12.3. The molecule has 6 heterocycles. The summed E-state index contributed by atoms with van der Waals surface area (Å²) in [5.74, 6) is -2.29. The van der Waals surface area contributed by atoms with Crippen LogP contribution < -0.4 is 0 Å². The Labute approximate surface area is 290 Å². The molecule has 0 bridgehead atoms. The molecule has 5 unspecified atom stereocenters. The predicted octanol–water partition coefficient (Wildman–Crippen LogP) is 5.29. The molecule has 10 aliphatic rings. The Morgan fingerprint density at radius 1 is 0.469 bits per heavy atom. The van der Waals surface area contributed by atoms with Crippen LogP contribution in [0.5, 0.6) is 0 Å². The van der Waals surface area contributed by atoms with Gasteiger partial charge in [0.25, 0.3) is 0 Å². The Balaban J connectivity index is 0.000000139. The molecule has 49 heavy (non-hydrogen) atoms. The van der Waals surface area contributed by atoms with Crippen LogP contribution in [0.25, 0.3) is 0 Å². The van der Waals surface area contributed by atoms with Gasteiger partial charge in [0.2, 0.25) is 0 Å². The molecule has 12 nitrogen and oxygen atoms in total. The van der Waals surface area contributed by atoms with Gasteiger partial charge in [-0.15, -0.1) is 0 Å². The van der Waals surface area contributed by atoms with Crippen molar-refractivity contribution < 1.29 is 57.3 Å². The fourth-order valence-electron chi connectivity index (χ4n) is 10.2. The van der Waals surface area contributed by atoms with E-state index in [0.717, 1.165) is 103 Å². The Bertz CT molecular complexity index is 1160. The van der Waals surface area contributed by atoms with Gasteiger partial charge in [0, 0.05) is 51.4 Å². The number of carbonyl (C=O) groups excluding carboxylic acids is 1. The second-order valence-corrected chi connectivity index (χ2v) is 16.0. The Kier molecular flexibility index (Phi) is 9.89. The highest BCUT2D eigenvalue weighted by molar-refractivity contribution is 5.78. The van der Waals surface area contributed by atoms with Crippen LogP contribution in [0.1, 0.15) is 136 Å². The summed E-state index contributed by atoms with van der Waals surface area (Å²) >= 11 is 0. The van der Waals surface area contributed by atoms with Gasteiger partial charge in [-0.05, 0) is 51.4 Å². The van der Waals surface area contributed by atoms with Crippen LogP contribution in [0.2, 0.25) is 0 Å². The topological polar surface area (TPSA) is 130 Å². The van der Waals surface area contributed by atoms with Crippen molar-refractivity contribution in [3.05, 3.63) is 0 Å². The second kappa shape index (κ2) is 13.8. The second-order valence-electron chi connectivity index (χ2n) is 16.0. The first-order chi connectivity index (χ1) is 23.4. The highest BCUT2D eigenvalue weighted by atomic mass is 16.8. The van der Waals surface area contributed by atoms with E-state index in [-0.39, 0.29) is 43.9 Å². The maximum Gasteiger partial charge on any atom is 0.338 e. The van der Waals surface area contributed by atoms with Crippen LogP contribution in [0.4, 0.5) is 0 Å². The van der Waals surface area contributed by atoms with Crippen LogP contribution >= 0.6 is 0 Å². The standard InChI is InChI=1S/C18H28O6.C18H26O6.CH4/c2*19-16-15-14(23-18(24-15)9-5-2-6-10-18)13(21-16)12-11-20-17(22-12)7-3-1-4-8-17;/h12-16,19H,1-11H2;12-15H,1-11H2;1H4/t12?,13-,14?,15+,16?;12?,13-,14?,15+;/m00./s1. The lowest BCUT2D eigenvalue weighted by Crippen LogP contribution is -2.43. The van der Waals surface area contributed by atoms with E-state index in [0.29, 0.717) is 13.2 Å². The van der Waals surface area contributed by atoms with Crippen molar-refractivity contribution in [3.8, 4) is 0 Å². The molecule has 1 N–H and O–H groups in total. The zero-order valence-corrected chi connectivity index (χ0v) is 28.2. The average molecular weight is 695 g/mol. The summed E-state index contributed by atoms with van der Waals surface area (Å²) in [6.45, 7) is 0.981. The zero-order chi connectivity index (χ0) is 32.4. The third-order valence-corrected chi connectivity index (χ3v) is 12.7. The smallest absolute Gasteiger partial charge is 0.338 e. The molecule has 0 amide bonds. The molecule has 6 aliphatic heterocycles. The van der Waals surface area contributed by atoms with Crippen molar-refractivity contribution in [1.29, 1.82) is 0 Å². The first-order valence-electron chi connectivity index (χ1n) is 19.3. The molecule has 12 heteroatoms. The van der Waals surface area contributed by atoms with Gasteiger partial charge >= 0.3 is 5.97 Å². The van der Waals surface area contributed by atoms with Crippen molar-refractivity contribution in [1.82, 2.24) is 0 Å². The summed E-state index contributed by atoms with van der Waals surface area (Å²) in [7, 11) is 0. The van der Waals surface area contributed by atoms with Gasteiger partial charge in [0.05, 0.1) is 13.2 Å². The van der Waals surface area contributed by atoms with Crippen molar-refractivity contribution in [2.75, 3.05) is 13.2 Å². The van der Waals surface area contributed by atoms with Crippen molar-refractivity contribution in [2.24, 2.45) is 0 Å². The number of cyclic esters (lactones) is 1. The Morgan fingerprint density at radius 3 is 1.43 bits per heavy atom. The number of rotatable bonds is 2. The number of ether oxygens (including phenoxy) is 10. The summed E-state index contributed by atoms with van der Waals surface area (Å²) in [6.07, 6.45) is 17.5. The highest BCUT2D eigenvalue weighted by Crippen LogP contribution is 2.49. The van der Waals surface area contributed by atoms with Crippen molar-refractivity contribution >= 4 is 5.97 Å². The minimum absolute atomic E-state index is 0. The van der Waals surface area contributed by atoms with Crippen LogP contribution in [0, 0.1) is 0 Å². The van der Waals surface area contributed by atoms with E-state index in [2.05, 4.69) is 0 Å². The van der Waals surface area contributed by atoms with Crippen molar-refractivity contribution in [3.63, 3.8) is 0 Å². The minimum Gasteiger partial charge on any atom is -0.455 e. The van der Waals surface area contributed by atoms with Gasteiger partial charge in [-0.25, -0.2) is 4.79 Å². The first kappa shape index (κ1) is 35.1. The van der Waals surface area contributed by atoms with Crippen LogP contribution in [0.3, 0.4) is 0 Å². The van der Waals surface area contributed by atoms with E-state index in [1.54, 1.807) is 0 Å². The van der Waals surface area contributed by atoms with E-state index in [4.69, 9.17) is 47.4 Å². The molecule has 4 spiro atoms. The summed E-state index contributed by atoms with van der Waals surface area (Å²) in [5, 5.41) is 10.3. The predicted molar refractivity (Wildman–Crippen MR) is 172 cm³/mol. The molecule has 10 fully saturated rings. The fourth-order valence-corrected chi connectivity index (χ4v) is 10.2. The molecule has 0 radical (unpaired) electrons. The number of hydrogen-bond donors (Lipinski definition) is 1. The highest BCUT2D eigenvalue weighted by Gasteiger charge is 2.63. The minimum atomic E-state index is -0.937.